The van der Waals surface area contributed by atoms with Crippen molar-refractivity contribution in [3.63, 3.8) is 0 Å². The highest BCUT2D eigenvalue weighted by molar-refractivity contribution is 7.16. The van der Waals surface area contributed by atoms with Crippen molar-refractivity contribution in [1.29, 1.82) is 0 Å². The molecule has 1 atom stereocenters. The number of aromatic hydroxyl groups is 1. The lowest BCUT2D eigenvalue weighted by Gasteiger charge is -1.90. The van der Waals surface area contributed by atoms with Crippen LogP contribution in [0, 0.1) is 6.92 Å². The number of hydrogen-bond acceptors (Lipinski definition) is 1. The van der Waals surface area contributed by atoms with Crippen LogP contribution in [0.1, 0.15) is 38.2 Å². The minimum absolute atomic E-state index is 0.329. The zero-order valence-electron chi connectivity index (χ0n) is 9.87. The summed E-state index contributed by atoms with van der Waals surface area (Å²) in [4.78, 5) is 0. The summed E-state index contributed by atoms with van der Waals surface area (Å²) < 4.78 is 0. The Bertz CT molecular complexity index is 206. The summed E-state index contributed by atoms with van der Waals surface area (Å²) in [6.07, 6.45) is 6.84. The van der Waals surface area contributed by atoms with E-state index in [0.717, 1.165) is 0 Å². The Morgan fingerprint density at radius 3 is 2.07 bits per heavy atom. The number of phenols is 1. The van der Waals surface area contributed by atoms with E-state index in [9.17, 15) is 0 Å². The Labute approximate surface area is 96.1 Å². The fourth-order valence-electron chi connectivity index (χ4n) is 1.12. The number of phenolic OH excluding ortho intramolecular Hbond substituents is 1. The molecular weight excluding hydrogens is 203 g/mol. The van der Waals surface area contributed by atoms with Crippen LogP contribution in [0.2, 0.25) is 0 Å². The molecule has 1 unspecified atom stereocenters. The van der Waals surface area contributed by atoms with Crippen LogP contribution in [0.4, 0.5) is 0 Å². The molecule has 0 radical (unpaired) electrons. The van der Waals surface area contributed by atoms with E-state index in [1.807, 2.05) is 19.1 Å². The third-order valence-electron chi connectivity index (χ3n) is 2.09. The molecule has 1 aromatic rings. The highest BCUT2D eigenvalue weighted by Gasteiger charge is 1.82. The molecule has 2 heteroatoms. The molecule has 0 bridgehead atoms. The van der Waals surface area contributed by atoms with Gasteiger partial charge in [0, 0.05) is 0 Å². The second-order valence-corrected chi connectivity index (χ2v) is 4.26. The summed E-state index contributed by atoms with van der Waals surface area (Å²) >= 11 is 0. The normalized spacial score (nSPS) is 9.27. The van der Waals surface area contributed by atoms with Crippen molar-refractivity contribution < 1.29 is 5.11 Å². The van der Waals surface area contributed by atoms with E-state index in [-0.39, 0.29) is 0 Å². The van der Waals surface area contributed by atoms with Crippen LogP contribution < -0.4 is 0 Å². The summed E-state index contributed by atoms with van der Waals surface area (Å²) in [6.45, 7) is 4.22. The molecular formula is C13H23OP. The quantitative estimate of drug-likeness (QED) is 0.604. The van der Waals surface area contributed by atoms with Crippen molar-refractivity contribution in [2.45, 2.75) is 39.5 Å². The molecule has 0 aromatic heterocycles. The van der Waals surface area contributed by atoms with Gasteiger partial charge in [-0.3, -0.25) is 0 Å². The van der Waals surface area contributed by atoms with Crippen LogP contribution in [0.25, 0.3) is 0 Å². The predicted octanol–water partition coefficient (Wildman–Crippen LogP) is 4.14. The van der Waals surface area contributed by atoms with Crippen LogP contribution in [0.3, 0.4) is 0 Å². The average Bonchev–Trinajstić information content (AvgIpc) is 2.24. The molecule has 0 heterocycles. The standard InChI is InChI=1S/C7H8O.C6H15P/c1-6-2-4-7(8)5-3-6;1-2-3-4-5-6-7/h2-5,8H,1H3;2-7H2,1H3. The van der Waals surface area contributed by atoms with Gasteiger partial charge in [-0.2, -0.15) is 0 Å². The number of hydrogen-bond donors (Lipinski definition) is 1. The Kier molecular flexibility index (Phi) is 9.62. The lowest BCUT2D eigenvalue weighted by molar-refractivity contribution is 0.475. The van der Waals surface area contributed by atoms with Gasteiger partial charge < -0.3 is 5.11 Å². The SMILES string of the molecule is CCCCCCP.Cc1ccc(O)cc1. The Morgan fingerprint density at radius 2 is 1.67 bits per heavy atom. The minimum Gasteiger partial charge on any atom is -0.508 e. The van der Waals surface area contributed by atoms with E-state index >= 15 is 0 Å². The molecule has 0 aliphatic carbocycles. The van der Waals surface area contributed by atoms with Crippen molar-refractivity contribution in [2.24, 2.45) is 0 Å². The molecule has 0 aliphatic heterocycles. The van der Waals surface area contributed by atoms with Gasteiger partial charge in [0.1, 0.15) is 5.75 Å². The van der Waals surface area contributed by atoms with Gasteiger partial charge in [0.25, 0.3) is 0 Å². The lowest BCUT2D eigenvalue weighted by Crippen LogP contribution is -1.73. The topological polar surface area (TPSA) is 20.2 Å². The first kappa shape index (κ1) is 14.5. The Morgan fingerprint density at radius 1 is 1.07 bits per heavy atom. The Hall–Kier alpha value is -0.550. The molecule has 0 saturated heterocycles. The summed E-state index contributed by atoms with van der Waals surface area (Å²) in [6, 6.07) is 7.09. The van der Waals surface area contributed by atoms with Crippen molar-refractivity contribution in [1.82, 2.24) is 0 Å². The van der Waals surface area contributed by atoms with Gasteiger partial charge in [-0.05, 0) is 31.6 Å². The molecule has 1 rings (SSSR count). The maximum Gasteiger partial charge on any atom is 0.115 e. The second kappa shape index (κ2) is 9.98. The Balaban J connectivity index is 0.000000265. The highest BCUT2D eigenvalue weighted by atomic mass is 31.0. The molecule has 86 valence electrons. The van der Waals surface area contributed by atoms with Crippen LogP contribution in [-0.4, -0.2) is 11.3 Å². The summed E-state index contributed by atoms with van der Waals surface area (Å²) in [7, 11) is 2.75. The molecule has 1 aromatic carbocycles. The third kappa shape index (κ3) is 9.75. The van der Waals surface area contributed by atoms with Crippen molar-refractivity contribution >= 4 is 9.24 Å². The number of rotatable bonds is 4. The van der Waals surface area contributed by atoms with Gasteiger partial charge in [0.05, 0.1) is 0 Å². The first-order valence-electron chi connectivity index (χ1n) is 5.66. The van der Waals surface area contributed by atoms with Crippen LogP contribution >= 0.6 is 9.24 Å². The molecule has 0 spiro atoms. The maximum absolute atomic E-state index is 8.76. The summed E-state index contributed by atoms with van der Waals surface area (Å²) in [5.41, 5.74) is 1.17. The highest BCUT2D eigenvalue weighted by Crippen LogP contribution is 2.07. The average molecular weight is 226 g/mol. The zero-order valence-corrected chi connectivity index (χ0v) is 11.0. The molecule has 0 fully saturated rings. The van der Waals surface area contributed by atoms with Gasteiger partial charge in [0.2, 0.25) is 0 Å². The van der Waals surface area contributed by atoms with Gasteiger partial charge in [-0.25, -0.2) is 0 Å². The molecule has 0 aliphatic rings. The van der Waals surface area contributed by atoms with Crippen LogP contribution in [-0.2, 0) is 0 Å². The van der Waals surface area contributed by atoms with Gasteiger partial charge >= 0.3 is 0 Å². The minimum atomic E-state index is 0.329. The van der Waals surface area contributed by atoms with Crippen molar-refractivity contribution in [2.75, 3.05) is 6.16 Å². The smallest absolute Gasteiger partial charge is 0.115 e. The van der Waals surface area contributed by atoms with Gasteiger partial charge in [0.15, 0.2) is 0 Å². The predicted molar refractivity (Wildman–Crippen MR) is 71.6 cm³/mol. The van der Waals surface area contributed by atoms with E-state index in [1.54, 1.807) is 12.1 Å². The van der Waals surface area contributed by atoms with Gasteiger partial charge in [-0.1, -0.05) is 43.9 Å². The zero-order chi connectivity index (χ0) is 11.5. The monoisotopic (exact) mass is 226 g/mol. The molecule has 0 amide bonds. The first-order chi connectivity index (χ1) is 7.20. The first-order valence-corrected chi connectivity index (χ1v) is 6.48. The number of benzene rings is 1. The second-order valence-electron chi connectivity index (χ2n) is 3.68. The molecule has 1 nitrogen and oxygen atoms in total. The van der Waals surface area contributed by atoms with Crippen LogP contribution in [0.15, 0.2) is 24.3 Å². The maximum atomic E-state index is 8.76. The van der Waals surface area contributed by atoms with E-state index in [2.05, 4.69) is 16.2 Å². The fourth-order valence-corrected chi connectivity index (χ4v) is 1.40. The summed E-state index contributed by atoms with van der Waals surface area (Å²) in [5.74, 6) is 0.329. The van der Waals surface area contributed by atoms with E-state index < -0.39 is 0 Å². The summed E-state index contributed by atoms with van der Waals surface area (Å²) in [5, 5.41) is 8.76. The number of unbranched alkanes of at least 4 members (excludes halogenated alkanes) is 3. The van der Waals surface area contributed by atoms with Gasteiger partial charge in [-0.15, -0.1) is 9.24 Å². The fraction of sp³-hybridized carbons (Fsp3) is 0.538. The van der Waals surface area contributed by atoms with E-state index in [1.165, 1.54) is 37.4 Å². The number of aryl methyl sites for hydroxylation is 1. The van der Waals surface area contributed by atoms with Crippen molar-refractivity contribution in [3.8, 4) is 5.75 Å². The van der Waals surface area contributed by atoms with Crippen molar-refractivity contribution in [3.05, 3.63) is 29.8 Å². The largest absolute Gasteiger partial charge is 0.508 e. The molecule has 0 saturated carbocycles. The third-order valence-corrected chi connectivity index (χ3v) is 2.50. The van der Waals surface area contributed by atoms with Crippen LogP contribution in [0.5, 0.6) is 5.75 Å². The molecule has 1 N–H and O–H groups in total. The lowest BCUT2D eigenvalue weighted by atomic mass is 10.2. The van der Waals surface area contributed by atoms with E-state index in [4.69, 9.17) is 5.11 Å². The molecule has 15 heavy (non-hydrogen) atoms. The van der Waals surface area contributed by atoms with E-state index in [0.29, 0.717) is 5.75 Å².